The Morgan fingerprint density at radius 3 is 2.38 bits per heavy atom. The highest BCUT2D eigenvalue weighted by Gasteiger charge is 2.15. The minimum atomic E-state index is -3.69. The van der Waals surface area contributed by atoms with E-state index in [2.05, 4.69) is 4.72 Å². The van der Waals surface area contributed by atoms with E-state index in [4.69, 9.17) is 4.74 Å². The number of benzene rings is 2. The molecule has 5 nitrogen and oxygen atoms in total. The van der Waals surface area contributed by atoms with E-state index in [0.717, 1.165) is 0 Å². The number of aliphatic hydroxyl groups is 1. The van der Waals surface area contributed by atoms with Gasteiger partial charge in [0.2, 0.25) is 0 Å². The van der Waals surface area contributed by atoms with Crippen molar-refractivity contribution in [2.45, 2.75) is 17.9 Å². The first-order valence-electron chi connectivity index (χ1n) is 6.37. The maximum atomic E-state index is 12.3. The van der Waals surface area contributed by atoms with Gasteiger partial charge in [-0.05, 0) is 48.9 Å². The molecule has 0 saturated carbocycles. The molecular formula is C15H17NO4S. The number of hydrogen-bond donors (Lipinski definition) is 2. The van der Waals surface area contributed by atoms with Gasteiger partial charge in [0.15, 0.2) is 0 Å². The second-order valence-electron chi connectivity index (χ2n) is 4.58. The van der Waals surface area contributed by atoms with Gasteiger partial charge in [-0.15, -0.1) is 0 Å². The maximum Gasteiger partial charge on any atom is 0.261 e. The number of aliphatic hydroxyl groups excluding tert-OH is 1. The number of sulfonamides is 1. The van der Waals surface area contributed by atoms with Gasteiger partial charge in [0.05, 0.1) is 18.1 Å². The summed E-state index contributed by atoms with van der Waals surface area (Å²) >= 11 is 0. The van der Waals surface area contributed by atoms with Crippen molar-refractivity contribution in [1.29, 1.82) is 0 Å². The highest BCUT2D eigenvalue weighted by molar-refractivity contribution is 7.92. The van der Waals surface area contributed by atoms with Crippen LogP contribution in [-0.2, 0) is 10.0 Å². The predicted molar refractivity (Wildman–Crippen MR) is 80.9 cm³/mol. The molecule has 0 spiro atoms. The minimum Gasteiger partial charge on any atom is -0.497 e. The zero-order chi connectivity index (χ0) is 15.5. The normalized spacial score (nSPS) is 12.7. The van der Waals surface area contributed by atoms with Gasteiger partial charge in [-0.1, -0.05) is 12.1 Å². The zero-order valence-electron chi connectivity index (χ0n) is 11.8. The number of anilines is 1. The molecule has 0 amide bonds. The maximum absolute atomic E-state index is 12.3. The quantitative estimate of drug-likeness (QED) is 0.890. The van der Waals surface area contributed by atoms with Gasteiger partial charge in [0, 0.05) is 5.69 Å². The Morgan fingerprint density at radius 1 is 1.14 bits per heavy atom. The summed E-state index contributed by atoms with van der Waals surface area (Å²) in [6.07, 6.45) is -0.721. The average Bonchev–Trinajstić information content (AvgIpc) is 2.48. The van der Waals surface area contributed by atoms with Gasteiger partial charge in [-0.2, -0.15) is 0 Å². The van der Waals surface area contributed by atoms with Crippen LogP contribution in [0.4, 0.5) is 5.69 Å². The van der Waals surface area contributed by atoms with Crippen LogP contribution in [0.5, 0.6) is 5.75 Å². The van der Waals surface area contributed by atoms with Crippen LogP contribution in [0, 0.1) is 0 Å². The van der Waals surface area contributed by atoms with Crippen molar-refractivity contribution in [3.63, 3.8) is 0 Å². The van der Waals surface area contributed by atoms with Crippen molar-refractivity contribution in [2.24, 2.45) is 0 Å². The lowest BCUT2D eigenvalue weighted by Gasteiger charge is -2.11. The first kappa shape index (κ1) is 15.3. The van der Waals surface area contributed by atoms with Crippen LogP contribution in [-0.4, -0.2) is 20.6 Å². The number of nitrogens with one attached hydrogen (secondary N) is 1. The van der Waals surface area contributed by atoms with E-state index in [1.54, 1.807) is 50.4 Å². The average molecular weight is 307 g/mol. The third-order valence-electron chi connectivity index (χ3n) is 2.99. The summed E-state index contributed by atoms with van der Waals surface area (Å²) < 4.78 is 32.1. The fourth-order valence-electron chi connectivity index (χ4n) is 1.81. The number of rotatable bonds is 5. The van der Waals surface area contributed by atoms with Crippen molar-refractivity contribution in [1.82, 2.24) is 0 Å². The Morgan fingerprint density at radius 2 is 1.81 bits per heavy atom. The molecule has 2 rings (SSSR count). The Labute approximate surface area is 124 Å². The Bertz CT molecular complexity index is 709. The summed E-state index contributed by atoms with van der Waals surface area (Å²) in [6.45, 7) is 1.59. The summed E-state index contributed by atoms with van der Waals surface area (Å²) in [5.41, 5.74) is 0.992. The Hall–Kier alpha value is -2.05. The monoisotopic (exact) mass is 307 g/mol. The van der Waals surface area contributed by atoms with Gasteiger partial charge < -0.3 is 9.84 Å². The van der Waals surface area contributed by atoms with Crippen molar-refractivity contribution >= 4 is 15.7 Å². The second kappa shape index (κ2) is 6.15. The minimum absolute atomic E-state index is 0.108. The fourth-order valence-corrected chi connectivity index (χ4v) is 2.93. The van der Waals surface area contributed by atoms with Gasteiger partial charge in [-0.3, -0.25) is 4.72 Å². The molecule has 112 valence electrons. The molecule has 0 fully saturated rings. The Balaban J connectivity index is 2.27. The second-order valence-corrected chi connectivity index (χ2v) is 6.26. The zero-order valence-corrected chi connectivity index (χ0v) is 12.6. The van der Waals surface area contributed by atoms with Crippen LogP contribution in [0.1, 0.15) is 18.6 Å². The molecule has 0 radical (unpaired) electrons. The molecule has 21 heavy (non-hydrogen) atoms. The topological polar surface area (TPSA) is 75.6 Å². The molecule has 1 unspecified atom stereocenters. The first-order valence-corrected chi connectivity index (χ1v) is 7.85. The van der Waals surface area contributed by atoms with E-state index in [-0.39, 0.29) is 4.90 Å². The lowest BCUT2D eigenvalue weighted by atomic mass is 10.1. The molecule has 2 aromatic carbocycles. The van der Waals surface area contributed by atoms with E-state index in [0.29, 0.717) is 17.0 Å². The van der Waals surface area contributed by atoms with E-state index in [9.17, 15) is 13.5 Å². The molecule has 1 atom stereocenters. The summed E-state index contributed by atoms with van der Waals surface area (Å²) in [7, 11) is -2.15. The number of methoxy groups -OCH3 is 1. The van der Waals surface area contributed by atoms with E-state index in [1.807, 2.05) is 0 Å². The van der Waals surface area contributed by atoms with Crippen LogP contribution in [0.3, 0.4) is 0 Å². The highest BCUT2D eigenvalue weighted by atomic mass is 32.2. The Kier molecular flexibility index (Phi) is 4.50. The summed E-state index contributed by atoms with van der Waals surface area (Å²) in [4.78, 5) is 0.108. The fraction of sp³-hybridized carbons (Fsp3) is 0.200. The summed E-state index contributed by atoms with van der Waals surface area (Å²) in [5, 5.41) is 9.53. The van der Waals surface area contributed by atoms with Crippen LogP contribution >= 0.6 is 0 Å². The molecule has 0 aromatic heterocycles. The molecule has 0 heterocycles. The highest BCUT2D eigenvalue weighted by Crippen LogP contribution is 2.21. The van der Waals surface area contributed by atoms with Crippen molar-refractivity contribution < 1.29 is 18.3 Å². The number of hydrogen-bond acceptors (Lipinski definition) is 4. The molecular weight excluding hydrogens is 290 g/mol. The van der Waals surface area contributed by atoms with Crippen LogP contribution in [0.2, 0.25) is 0 Å². The standard InChI is InChI=1S/C15H17NO4S/c1-11(17)12-4-3-5-15(10-12)21(18,19)16-13-6-8-14(20-2)9-7-13/h3-11,16-17H,1-2H3. The molecule has 0 aliphatic carbocycles. The van der Waals surface area contributed by atoms with Crippen LogP contribution in [0.15, 0.2) is 53.4 Å². The van der Waals surface area contributed by atoms with Crippen molar-refractivity contribution in [3.8, 4) is 5.75 Å². The summed E-state index contributed by atoms with van der Waals surface area (Å²) in [5.74, 6) is 0.647. The van der Waals surface area contributed by atoms with Crippen LogP contribution in [0.25, 0.3) is 0 Å². The van der Waals surface area contributed by atoms with Crippen LogP contribution < -0.4 is 9.46 Å². The summed E-state index contributed by atoms with van der Waals surface area (Å²) in [6, 6.07) is 12.8. The largest absolute Gasteiger partial charge is 0.497 e. The molecule has 6 heteroatoms. The first-order chi connectivity index (χ1) is 9.92. The van der Waals surface area contributed by atoms with E-state index in [1.165, 1.54) is 12.1 Å². The third kappa shape index (κ3) is 3.74. The number of ether oxygens (including phenoxy) is 1. The molecule has 0 saturated heterocycles. The SMILES string of the molecule is COc1ccc(NS(=O)(=O)c2cccc(C(C)O)c2)cc1. The predicted octanol–water partition coefficient (Wildman–Crippen LogP) is 2.55. The van der Waals surface area contributed by atoms with Crippen molar-refractivity contribution in [2.75, 3.05) is 11.8 Å². The van der Waals surface area contributed by atoms with E-state index < -0.39 is 16.1 Å². The smallest absolute Gasteiger partial charge is 0.261 e. The lowest BCUT2D eigenvalue weighted by Crippen LogP contribution is -2.13. The molecule has 0 aliphatic heterocycles. The van der Waals surface area contributed by atoms with Gasteiger partial charge >= 0.3 is 0 Å². The van der Waals surface area contributed by atoms with Gasteiger partial charge in [0.1, 0.15) is 5.75 Å². The molecule has 0 aliphatic rings. The van der Waals surface area contributed by atoms with Gasteiger partial charge in [-0.25, -0.2) is 8.42 Å². The molecule has 0 bridgehead atoms. The third-order valence-corrected chi connectivity index (χ3v) is 4.37. The van der Waals surface area contributed by atoms with Crippen molar-refractivity contribution in [3.05, 3.63) is 54.1 Å². The van der Waals surface area contributed by atoms with Gasteiger partial charge in [0.25, 0.3) is 10.0 Å². The molecule has 2 aromatic rings. The molecule has 2 N–H and O–H groups in total. The lowest BCUT2D eigenvalue weighted by molar-refractivity contribution is 0.199. The van der Waals surface area contributed by atoms with E-state index >= 15 is 0 Å².